The third kappa shape index (κ3) is 3.11. The molecule has 25 heavy (non-hydrogen) atoms. The lowest BCUT2D eigenvalue weighted by molar-refractivity contribution is 0.354. The fourth-order valence-corrected chi connectivity index (χ4v) is 3.11. The number of fused-ring (bicyclic) bond motifs is 1. The molecular formula is C19H16BrN3O2. The van der Waals surface area contributed by atoms with Gasteiger partial charge in [-0.05, 0) is 35.9 Å². The molecule has 0 N–H and O–H groups in total. The summed E-state index contributed by atoms with van der Waals surface area (Å²) in [6.45, 7) is 0. The largest absolute Gasteiger partial charge is 0.493 e. The molecule has 3 rings (SSSR count). The van der Waals surface area contributed by atoms with Gasteiger partial charge >= 0.3 is 0 Å². The monoisotopic (exact) mass is 397 g/mol. The van der Waals surface area contributed by atoms with Gasteiger partial charge in [-0.25, -0.2) is 4.98 Å². The van der Waals surface area contributed by atoms with E-state index in [2.05, 4.69) is 27.0 Å². The minimum absolute atomic E-state index is 0.464. The van der Waals surface area contributed by atoms with Crippen LogP contribution in [0.2, 0.25) is 0 Å². The molecule has 0 unspecified atom stereocenters. The Balaban J connectivity index is 2.15. The molecule has 0 saturated heterocycles. The topological polar surface area (TPSA) is 60.1 Å². The number of benzene rings is 2. The first kappa shape index (κ1) is 17.1. The Bertz CT molecular complexity index is 1020. The molecule has 0 aliphatic rings. The summed E-state index contributed by atoms with van der Waals surface area (Å²) in [4.78, 5) is 4.59. The van der Waals surface area contributed by atoms with E-state index in [1.807, 2.05) is 48.0 Å². The van der Waals surface area contributed by atoms with Crippen LogP contribution in [0.4, 0.5) is 0 Å². The molecule has 0 amide bonds. The number of hydrogen-bond acceptors (Lipinski definition) is 4. The number of nitriles is 1. The van der Waals surface area contributed by atoms with Crippen LogP contribution in [0.1, 0.15) is 11.4 Å². The number of para-hydroxylation sites is 2. The van der Waals surface area contributed by atoms with Crippen molar-refractivity contribution in [1.29, 1.82) is 5.26 Å². The first-order chi connectivity index (χ1) is 12.1. The quantitative estimate of drug-likeness (QED) is 0.611. The number of halogens is 1. The maximum Gasteiger partial charge on any atom is 0.161 e. The molecule has 2 aromatic carbocycles. The molecule has 0 radical (unpaired) electrons. The lowest BCUT2D eigenvalue weighted by atomic mass is 10.1. The minimum atomic E-state index is 0.464. The number of aromatic nitrogens is 2. The second kappa shape index (κ2) is 6.99. The van der Waals surface area contributed by atoms with Gasteiger partial charge < -0.3 is 14.0 Å². The molecule has 0 fully saturated rings. The normalized spacial score (nSPS) is 11.4. The first-order valence-electron chi connectivity index (χ1n) is 7.54. The second-order valence-electron chi connectivity index (χ2n) is 5.38. The molecule has 0 saturated carbocycles. The maximum atomic E-state index is 9.67. The van der Waals surface area contributed by atoms with Crippen LogP contribution in [0.5, 0.6) is 11.5 Å². The van der Waals surface area contributed by atoms with E-state index in [0.717, 1.165) is 21.1 Å². The SMILES string of the molecule is COc1cc(Br)c(/C=C(\C#N)c2nc3ccccc3n2C)cc1OC. The maximum absolute atomic E-state index is 9.67. The van der Waals surface area contributed by atoms with Crippen LogP contribution >= 0.6 is 15.9 Å². The molecule has 0 aliphatic heterocycles. The smallest absolute Gasteiger partial charge is 0.161 e. The number of rotatable bonds is 4. The highest BCUT2D eigenvalue weighted by atomic mass is 79.9. The van der Waals surface area contributed by atoms with E-state index < -0.39 is 0 Å². The van der Waals surface area contributed by atoms with Crippen LogP contribution in [0.25, 0.3) is 22.7 Å². The standard InChI is InChI=1S/C19H16BrN3O2/c1-23-16-7-5-4-6-15(16)22-19(23)13(11-21)8-12-9-17(24-2)18(25-3)10-14(12)20/h4-10H,1-3H3/b13-8+. The van der Waals surface area contributed by atoms with Crippen molar-refractivity contribution in [3.05, 3.63) is 52.3 Å². The third-order valence-electron chi connectivity index (χ3n) is 3.95. The summed E-state index contributed by atoms with van der Waals surface area (Å²) in [6, 6.07) is 13.7. The fraction of sp³-hybridized carbons (Fsp3) is 0.158. The van der Waals surface area contributed by atoms with Crippen LogP contribution in [0, 0.1) is 11.3 Å². The molecule has 3 aromatic rings. The van der Waals surface area contributed by atoms with Crippen molar-refractivity contribution < 1.29 is 9.47 Å². The molecule has 126 valence electrons. The van der Waals surface area contributed by atoms with Crippen molar-refractivity contribution in [2.75, 3.05) is 14.2 Å². The van der Waals surface area contributed by atoms with E-state index in [1.54, 1.807) is 20.3 Å². The van der Waals surface area contributed by atoms with Gasteiger partial charge in [-0.3, -0.25) is 0 Å². The molecule has 5 nitrogen and oxygen atoms in total. The van der Waals surface area contributed by atoms with Crippen LogP contribution in [-0.4, -0.2) is 23.8 Å². The number of hydrogen-bond donors (Lipinski definition) is 0. The molecule has 6 heteroatoms. The molecular weight excluding hydrogens is 382 g/mol. The number of allylic oxidation sites excluding steroid dienone is 1. The Morgan fingerprint density at radius 3 is 2.52 bits per heavy atom. The van der Waals surface area contributed by atoms with Gasteiger partial charge in [0.2, 0.25) is 0 Å². The highest BCUT2D eigenvalue weighted by Crippen LogP contribution is 2.35. The lowest BCUT2D eigenvalue weighted by Crippen LogP contribution is -1.96. The predicted octanol–water partition coefficient (Wildman–Crippen LogP) is 4.42. The number of ether oxygens (including phenoxy) is 2. The van der Waals surface area contributed by atoms with E-state index in [9.17, 15) is 5.26 Å². The highest BCUT2D eigenvalue weighted by Gasteiger charge is 2.14. The van der Waals surface area contributed by atoms with Crippen LogP contribution in [0.3, 0.4) is 0 Å². The van der Waals surface area contributed by atoms with Gasteiger partial charge in [0, 0.05) is 11.5 Å². The zero-order chi connectivity index (χ0) is 18.0. The average molecular weight is 398 g/mol. The fourth-order valence-electron chi connectivity index (χ4n) is 2.67. The van der Waals surface area contributed by atoms with Gasteiger partial charge in [0.05, 0.1) is 30.8 Å². The molecule has 1 aromatic heterocycles. The number of nitrogens with zero attached hydrogens (tertiary/aromatic N) is 3. The summed E-state index contributed by atoms with van der Waals surface area (Å²) in [5.74, 6) is 1.83. The van der Waals surface area contributed by atoms with E-state index in [4.69, 9.17) is 9.47 Å². The summed E-state index contributed by atoms with van der Waals surface area (Å²) in [5, 5.41) is 9.67. The second-order valence-corrected chi connectivity index (χ2v) is 6.24. The lowest BCUT2D eigenvalue weighted by Gasteiger charge is -2.10. The Morgan fingerprint density at radius 1 is 1.20 bits per heavy atom. The Labute approximate surface area is 154 Å². The summed E-state index contributed by atoms with van der Waals surface area (Å²) < 4.78 is 13.4. The summed E-state index contributed by atoms with van der Waals surface area (Å²) in [6.07, 6.45) is 1.78. The van der Waals surface area contributed by atoms with E-state index >= 15 is 0 Å². The van der Waals surface area contributed by atoms with Crippen molar-refractivity contribution in [2.24, 2.45) is 7.05 Å². The first-order valence-corrected chi connectivity index (χ1v) is 8.33. The number of imidazole rings is 1. The Morgan fingerprint density at radius 2 is 1.88 bits per heavy atom. The van der Waals surface area contributed by atoms with Crippen molar-refractivity contribution in [2.45, 2.75) is 0 Å². The zero-order valence-electron chi connectivity index (χ0n) is 14.1. The Hall–Kier alpha value is -2.78. The molecule has 0 aliphatic carbocycles. The van der Waals surface area contributed by atoms with Gasteiger partial charge in [0.15, 0.2) is 17.3 Å². The van der Waals surface area contributed by atoms with Gasteiger partial charge in [0.25, 0.3) is 0 Å². The van der Waals surface area contributed by atoms with Gasteiger partial charge in [-0.15, -0.1) is 0 Å². The predicted molar refractivity (Wildman–Crippen MR) is 101 cm³/mol. The van der Waals surface area contributed by atoms with Gasteiger partial charge in [-0.1, -0.05) is 28.1 Å². The van der Waals surface area contributed by atoms with Gasteiger partial charge in [0.1, 0.15) is 6.07 Å². The molecule has 0 spiro atoms. The molecule has 1 heterocycles. The van der Waals surface area contributed by atoms with Crippen molar-refractivity contribution in [3.8, 4) is 17.6 Å². The average Bonchev–Trinajstić information content (AvgIpc) is 2.97. The Kier molecular flexibility index (Phi) is 4.77. The third-order valence-corrected chi connectivity index (χ3v) is 4.64. The van der Waals surface area contributed by atoms with Crippen molar-refractivity contribution in [1.82, 2.24) is 9.55 Å². The summed E-state index contributed by atoms with van der Waals surface area (Å²) in [7, 11) is 5.06. The van der Waals surface area contributed by atoms with Crippen molar-refractivity contribution in [3.63, 3.8) is 0 Å². The van der Waals surface area contributed by atoms with E-state index in [1.165, 1.54) is 0 Å². The number of aryl methyl sites for hydroxylation is 1. The van der Waals surface area contributed by atoms with Crippen molar-refractivity contribution >= 4 is 38.6 Å². The van der Waals surface area contributed by atoms with E-state index in [0.29, 0.717) is 22.9 Å². The van der Waals surface area contributed by atoms with Crippen LogP contribution in [0.15, 0.2) is 40.9 Å². The van der Waals surface area contributed by atoms with E-state index in [-0.39, 0.29) is 0 Å². The number of methoxy groups -OCH3 is 2. The summed E-state index contributed by atoms with van der Waals surface area (Å²) in [5.41, 5.74) is 3.10. The summed E-state index contributed by atoms with van der Waals surface area (Å²) >= 11 is 3.52. The van der Waals surface area contributed by atoms with Crippen LogP contribution in [-0.2, 0) is 7.05 Å². The minimum Gasteiger partial charge on any atom is -0.493 e. The molecule has 0 bridgehead atoms. The van der Waals surface area contributed by atoms with Gasteiger partial charge in [-0.2, -0.15) is 5.26 Å². The highest BCUT2D eigenvalue weighted by molar-refractivity contribution is 9.10. The molecule has 0 atom stereocenters. The zero-order valence-corrected chi connectivity index (χ0v) is 15.7. The van der Waals surface area contributed by atoms with Crippen LogP contribution < -0.4 is 9.47 Å².